The Balaban J connectivity index is 1.48. The van der Waals surface area contributed by atoms with Gasteiger partial charge in [-0.1, -0.05) is 67.7 Å². The van der Waals surface area contributed by atoms with E-state index in [0.717, 1.165) is 19.9 Å². The summed E-state index contributed by atoms with van der Waals surface area (Å²) < 4.78 is 26.5. The minimum absolute atomic E-state index is 0.216. The molecule has 0 bridgehead atoms. The van der Waals surface area contributed by atoms with Crippen LogP contribution in [-0.2, 0) is 6.61 Å². The molecule has 0 fully saturated rings. The van der Waals surface area contributed by atoms with Gasteiger partial charge >= 0.3 is 0 Å². The number of hydrogen-bond donors (Lipinski definition) is 0. The van der Waals surface area contributed by atoms with Crippen LogP contribution in [0.2, 0.25) is 5.02 Å². The Kier molecular flexibility index (Phi) is 8.25. The third-order valence-corrected chi connectivity index (χ3v) is 8.13. The van der Waals surface area contributed by atoms with Gasteiger partial charge in [0.15, 0.2) is 17.3 Å². The molecule has 0 aliphatic rings. The van der Waals surface area contributed by atoms with Gasteiger partial charge in [0.05, 0.1) is 36.7 Å². The van der Waals surface area contributed by atoms with Gasteiger partial charge in [0.1, 0.15) is 17.9 Å². The fraction of sp³-hybridized carbons (Fsp3) is 0.0938. The average Bonchev–Trinajstić information content (AvgIpc) is 3.45. The maximum atomic E-state index is 13.8. The summed E-state index contributed by atoms with van der Waals surface area (Å²) in [6.45, 7) is 0.232. The first kappa shape index (κ1) is 29.0. The molecule has 0 aliphatic carbocycles. The number of benzene rings is 4. The molecule has 11 heteroatoms. The van der Waals surface area contributed by atoms with Gasteiger partial charge in [0, 0.05) is 31.2 Å². The van der Waals surface area contributed by atoms with Crippen molar-refractivity contribution in [2.75, 3.05) is 14.2 Å². The number of halogens is 3. The molecular weight excluding hydrogens is 702 g/mol. The van der Waals surface area contributed by atoms with E-state index in [1.165, 1.54) is 18.0 Å². The van der Waals surface area contributed by atoms with Crippen molar-refractivity contribution in [3.63, 3.8) is 0 Å². The summed E-state index contributed by atoms with van der Waals surface area (Å²) in [5.74, 6) is 2.02. The molecule has 4 aromatic carbocycles. The highest BCUT2D eigenvalue weighted by molar-refractivity contribution is 9.11. The van der Waals surface area contributed by atoms with Gasteiger partial charge in [0.2, 0.25) is 5.82 Å². The number of methoxy groups -OCH3 is 2. The second-order valence-corrected chi connectivity index (χ2v) is 11.6. The molecule has 0 aliphatic heterocycles. The molecule has 0 saturated carbocycles. The second kappa shape index (κ2) is 12.2. The number of hydrogen-bond acceptors (Lipinski definition) is 7. The van der Waals surface area contributed by atoms with Gasteiger partial charge in [0.25, 0.3) is 5.56 Å². The second-order valence-electron chi connectivity index (χ2n) is 9.35. The van der Waals surface area contributed by atoms with Crippen LogP contribution >= 0.6 is 43.5 Å². The van der Waals surface area contributed by atoms with Crippen LogP contribution in [0.3, 0.4) is 0 Å². The molecule has 0 spiro atoms. The van der Waals surface area contributed by atoms with Crippen molar-refractivity contribution in [2.45, 2.75) is 6.61 Å². The third kappa shape index (κ3) is 5.78. The number of aromatic nitrogens is 2. The number of fused-ring (bicyclic) bond motifs is 2. The molecule has 0 amide bonds. The molecule has 0 unspecified atom stereocenters. The van der Waals surface area contributed by atoms with Crippen molar-refractivity contribution in [2.24, 2.45) is 5.10 Å². The van der Waals surface area contributed by atoms with E-state index in [-0.39, 0.29) is 18.0 Å². The summed E-state index contributed by atoms with van der Waals surface area (Å²) in [5.41, 5.74) is 2.13. The van der Waals surface area contributed by atoms with Crippen LogP contribution in [0.5, 0.6) is 17.2 Å². The maximum absolute atomic E-state index is 13.8. The quantitative estimate of drug-likeness (QED) is 0.147. The summed E-state index contributed by atoms with van der Waals surface area (Å²) in [5, 5.41) is 6.14. The summed E-state index contributed by atoms with van der Waals surface area (Å²) in [6, 6.07) is 23.5. The zero-order valence-electron chi connectivity index (χ0n) is 22.8. The number of para-hydroxylation sites is 1. The first-order valence-corrected chi connectivity index (χ1v) is 14.9. The van der Waals surface area contributed by atoms with Gasteiger partial charge in [-0.15, -0.1) is 0 Å². The van der Waals surface area contributed by atoms with Crippen molar-refractivity contribution in [3.8, 4) is 28.8 Å². The Morgan fingerprint density at radius 3 is 2.56 bits per heavy atom. The Morgan fingerprint density at radius 2 is 1.77 bits per heavy atom. The fourth-order valence-corrected chi connectivity index (χ4v) is 5.99. The van der Waals surface area contributed by atoms with E-state index in [0.29, 0.717) is 50.1 Å². The van der Waals surface area contributed by atoms with Crippen molar-refractivity contribution in [3.05, 3.63) is 114 Å². The molecule has 0 saturated heterocycles. The molecule has 0 atom stereocenters. The van der Waals surface area contributed by atoms with Gasteiger partial charge in [-0.05, 0) is 48.5 Å². The number of rotatable bonds is 8. The van der Waals surface area contributed by atoms with E-state index >= 15 is 0 Å². The first-order chi connectivity index (χ1) is 20.9. The summed E-state index contributed by atoms with van der Waals surface area (Å²) >= 11 is 13.5. The third-order valence-electron chi connectivity index (χ3n) is 6.68. The zero-order chi connectivity index (χ0) is 30.1. The van der Waals surface area contributed by atoms with Crippen LogP contribution < -0.4 is 19.8 Å². The molecule has 0 N–H and O–H groups in total. The smallest absolute Gasteiger partial charge is 0.282 e. The normalized spacial score (nSPS) is 11.5. The fourth-order valence-electron chi connectivity index (χ4n) is 4.61. The molecule has 2 aromatic heterocycles. The molecule has 43 heavy (non-hydrogen) atoms. The predicted molar refractivity (Wildman–Crippen MR) is 175 cm³/mol. The average molecular weight is 724 g/mol. The topological polar surface area (TPSA) is 88.1 Å². The Labute approximate surface area is 267 Å². The number of ether oxygens (including phenoxy) is 3. The van der Waals surface area contributed by atoms with Crippen molar-refractivity contribution >= 4 is 71.5 Å². The largest absolute Gasteiger partial charge is 0.496 e. The van der Waals surface area contributed by atoms with Crippen LogP contribution in [0, 0.1) is 0 Å². The lowest BCUT2D eigenvalue weighted by Crippen LogP contribution is -2.20. The minimum Gasteiger partial charge on any atom is -0.496 e. The van der Waals surface area contributed by atoms with Crippen LogP contribution in [0.4, 0.5) is 0 Å². The van der Waals surface area contributed by atoms with Crippen molar-refractivity contribution < 1.29 is 18.6 Å². The van der Waals surface area contributed by atoms with Crippen LogP contribution in [0.1, 0.15) is 11.1 Å². The predicted octanol–water partition coefficient (Wildman–Crippen LogP) is 8.47. The van der Waals surface area contributed by atoms with E-state index in [1.54, 1.807) is 43.5 Å². The van der Waals surface area contributed by atoms with Gasteiger partial charge < -0.3 is 18.6 Å². The van der Waals surface area contributed by atoms with Gasteiger partial charge in [-0.3, -0.25) is 4.79 Å². The van der Waals surface area contributed by atoms with E-state index < -0.39 is 0 Å². The lowest BCUT2D eigenvalue weighted by atomic mass is 10.2. The molecule has 216 valence electrons. The Bertz CT molecular complexity index is 2090. The molecule has 6 rings (SSSR count). The molecule has 6 aromatic rings. The van der Waals surface area contributed by atoms with Gasteiger partial charge in [-0.25, -0.2) is 4.98 Å². The molecule has 8 nitrogen and oxygen atoms in total. The first-order valence-electron chi connectivity index (χ1n) is 12.9. The lowest BCUT2D eigenvalue weighted by molar-refractivity contribution is 0.283. The van der Waals surface area contributed by atoms with Gasteiger partial charge in [-0.2, -0.15) is 9.78 Å². The molecule has 2 heterocycles. The highest BCUT2D eigenvalue weighted by Crippen LogP contribution is 2.36. The summed E-state index contributed by atoms with van der Waals surface area (Å²) in [6.07, 6.45) is 1.49. The zero-order valence-corrected chi connectivity index (χ0v) is 26.7. The van der Waals surface area contributed by atoms with Crippen molar-refractivity contribution in [1.82, 2.24) is 9.66 Å². The standard InChI is InChI=1S/C32H22Br2ClN3O5/c1-40-26-8-5-9-27-23(26)15-29(43-27)31-37-25-7-4-3-6-22(25)32(39)38(31)36-16-19-12-21(35)14-28(41-2)30(19)42-17-18-10-11-20(33)13-24(18)34/h3-16H,17H2,1-2H3. The van der Waals surface area contributed by atoms with Crippen LogP contribution in [-0.4, -0.2) is 30.1 Å². The molecule has 0 radical (unpaired) electrons. The van der Waals surface area contributed by atoms with Crippen LogP contribution in [0.15, 0.2) is 102 Å². The lowest BCUT2D eigenvalue weighted by Gasteiger charge is -2.15. The summed E-state index contributed by atoms with van der Waals surface area (Å²) in [4.78, 5) is 18.5. The van der Waals surface area contributed by atoms with E-state index in [1.807, 2.05) is 42.5 Å². The number of furan rings is 1. The Hall–Kier alpha value is -4.12. The highest BCUT2D eigenvalue weighted by atomic mass is 79.9. The van der Waals surface area contributed by atoms with Crippen molar-refractivity contribution in [1.29, 1.82) is 0 Å². The van der Waals surface area contributed by atoms with Crippen LogP contribution in [0.25, 0.3) is 33.5 Å². The highest BCUT2D eigenvalue weighted by Gasteiger charge is 2.19. The van der Waals surface area contributed by atoms with E-state index in [9.17, 15) is 4.79 Å². The monoisotopic (exact) mass is 721 g/mol. The minimum atomic E-state index is -0.375. The number of nitrogens with zero attached hydrogens (tertiary/aromatic N) is 3. The SMILES string of the molecule is COc1cc(Cl)cc(C=Nn2c(-c3cc4c(OC)cccc4o3)nc3ccccc3c2=O)c1OCc1ccc(Br)cc1Br. The Morgan fingerprint density at radius 1 is 0.953 bits per heavy atom. The van der Waals surface area contributed by atoms with E-state index in [2.05, 4.69) is 37.0 Å². The molecular formula is C32H22Br2ClN3O5. The van der Waals surface area contributed by atoms with E-state index in [4.69, 9.17) is 35.2 Å². The summed E-state index contributed by atoms with van der Waals surface area (Å²) in [7, 11) is 3.12. The maximum Gasteiger partial charge on any atom is 0.282 e.